The van der Waals surface area contributed by atoms with E-state index in [4.69, 9.17) is 34.8 Å². The van der Waals surface area contributed by atoms with E-state index in [9.17, 15) is 4.79 Å². The van der Waals surface area contributed by atoms with Crippen molar-refractivity contribution < 1.29 is 4.79 Å². The molecule has 0 spiro atoms. The number of carbonyl (C=O) groups is 1. The molecule has 3 heterocycles. The van der Waals surface area contributed by atoms with Gasteiger partial charge in [-0.25, -0.2) is 4.98 Å². The number of rotatable bonds is 6. The Labute approximate surface area is 203 Å². The Kier molecular flexibility index (Phi) is 7.61. The fourth-order valence-electron chi connectivity index (χ4n) is 4.17. The van der Waals surface area contributed by atoms with Gasteiger partial charge in [-0.2, -0.15) is 4.98 Å². The number of benzene rings is 1. The molecule has 2 aliphatic rings. The highest BCUT2D eigenvalue weighted by Gasteiger charge is 2.26. The highest BCUT2D eigenvalue weighted by Crippen LogP contribution is 2.30. The van der Waals surface area contributed by atoms with Gasteiger partial charge in [-0.05, 0) is 44.0 Å². The van der Waals surface area contributed by atoms with Gasteiger partial charge in [-0.1, -0.05) is 40.9 Å². The van der Waals surface area contributed by atoms with E-state index in [1.165, 1.54) is 0 Å². The van der Waals surface area contributed by atoms with E-state index in [0.29, 0.717) is 65.5 Å². The molecular formula is C22H27Cl3N6O. The lowest BCUT2D eigenvalue weighted by Crippen LogP contribution is -2.50. The van der Waals surface area contributed by atoms with Crippen molar-refractivity contribution in [3.05, 3.63) is 45.0 Å². The van der Waals surface area contributed by atoms with Crippen LogP contribution in [0.15, 0.2) is 24.4 Å². The quantitative estimate of drug-likeness (QED) is 0.616. The minimum atomic E-state index is -0.126. The number of piperazine rings is 1. The Hall–Kier alpha value is -1.80. The fraction of sp³-hybridized carbons (Fsp3) is 0.500. The Morgan fingerprint density at radius 1 is 1.22 bits per heavy atom. The maximum atomic E-state index is 12.6. The van der Waals surface area contributed by atoms with Gasteiger partial charge in [0, 0.05) is 48.7 Å². The Bertz CT molecular complexity index is 961. The number of aromatic nitrogens is 2. The highest BCUT2D eigenvalue weighted by molar-refractivity contribution is 6.35. The first-order chi connectivity index (χ1) is 15.4. The minimum absolute atomic E-state index is 0.126. The van der Waals surface area contributed by atoms with Crippen LogP contribution in [-0.2, 0) is 4.79 Å². The second-order valence-electron chi connectivity index (χ2n) is 8.26. The summed E-state index contributed by atoms with van der Waals surface area (Å²) in [6, 6.07) is 5.60. The molecule has 2 N–H and O–H groups in total. The molecule has 1 amide bonds. The van der Waals surface area contributed by atoms with Crippen molar-refractivity contribution in [2.75, 3.05) is 42.9 Å². The van der Waals surface area contributed by atoms with E-state index < -0.39 is 0 Å². The third-order valence-electron chi connectivity index (χ3n) is 6.01. The maximum Gasteiger partial charge on any atom is 0.227 e. The van der Waals surface area contributed by atoms with E-state index in [1.807, 2.05) is 17.9 Å². The van der Waals surface area contributed by atoms with Crippen LogP contribution in [0.25, 0.3) is 0 Å². The molecule has 1 aromatic carbocycles. The van der Waals surface area contributed by atoms with Gasteiger partial charge in [0.25, 0.3) is 0 Å². The highest BCUT2D eigenvalue weighted by atomic mass is 35.5. The number of amides is 1. The number of halogens is 3. The monoisotopic (exact) mass is 496 g/mol. The first-order valence-corrected chi connectivity index (χ1v) is 12.0. The van der Waals surface area contributed by atoms with Crippen LogP contribution < -0.4 is 15.5 Å². The van der Waals surface area contributed by atoms with Crippen LogP contribution in [0.4, 0.5) is 11.8 Å². The van der Waals surface area contributed by atoms with E-state index in [-0.39, 0.29) is 11.9 Å². The van der Waals surface area contributed by atoms with Crippen molar-refractivity contribution in [2.45, 2.75) is 38.3 Å². The average Bonchev–Trinajstić information content (AvgIpc) is 3.28. The molecular weight excluding hydrogens is 471 g/mol. The van der Waals surface area contributed by atoms with Gasteiger partial charge in [0.15, 0.2) is 5.82 Å². The first kappa shape index (κ1) is 23.4. The predicted molar refractivity (Wildman–Crippen MR) is 130 cm³/mol. The third kappa shape index (κ3) is 5.57. The summed E-state index contributed by atoms with van der Waals surface area (Å²) in [6.07, 6.45) is 4.42. The maximum absolute atomic E-state index is 12.6. The predicted octanol–water partition coefficient (Wildman–Crippen LogP) is 4.40. The molecule has 32 heavy (non-hydrogen) atoms. The molecule has 7 nitrogen and oxygen atoms in total. The smallest absolute Gasteiger partial charge is 0.227 e. The van der Waals surface area contributed by atoms with Crippen molar-refractivity contribution in [1.82, 2.24) is 20.2 Å². The molecule has 1 unspecified atom stereocenters. The summed E-state index contributed by atoms with van der Waals surface area (Å²) in [5.41, 5.74) is 0.899. The molecule has 2 saturated heterocycles. The first-order valence-electron chi connectivity index (χ1n) is 10.9. The molecule has 10 heteroatoms. The number of nitrogens with one attached hydrogen (secondary N) is 2. The topological polar surface area (TPSA) is 73.4 Å². The molecule has 172 valence electrons. The minimum Gasteiger partial charge on any atom is -0.362 e. The third-order valence-corrected chi connectivity index (χ3v) is 6.85. The second-order valence-corrected chi connectivity index (χ2v) is 9.51. The Balaban J connectivity index is 1.38. The summed E-state index contributed by atoms with van der Waals surface area (Å²) in [5.74, 6) is 1.36. The molecule has 4 rings (SSSR count). The fourth-order valence-corrected chi connectivity index (χ4v) is 4.89. The van der Waals surface area contributed by atoms with Crippen LogP contribution >= 0.6 is 34.8 Å². The van der Waals surface area contributed by atoms with Crippen LogP contribution in [-0.4, -0.2) is 59.5 Å². The summed E-state index contributed by atoms with van der Waals surface area (Å²) in [4.78, 5) is 25.7. The van der Waals surface area contributed by atoms with Gasteiger partial charge in [-0.15, -0.1) is 0 Å². The van der Waals surface area contributed by atoms with Gasteiger partial charge in [0.2, 0.25) is 11.9 Å². The SMILES string of the molecule is C[C@@H](Nc1nc(N2CCN(C(=O)CC3CCCN3)CC2)ncc1Cl)c1ccc(Cl)cc1Cl. The molecule has 2 fully saturated rings. The standard InChI is InChI=1S/C22H27Cl3N6O/c1-14(17-5-4-15(23)11-18(17)24)28-21-19(25)13-27-22(29-21)31-9-7-30(8-10-31)20(32)12-16-3-2-6-26-16/h4-5,11,13-14,16,26H,2-3,6-10,12H2,1H3,(H,27,28,29)/t14-,16?/m1/s1. The van der Waals surface area contributed by atoms with Crippen LogP contribution in [0.1, 0.15) is 37.8 Å². The average molecular weight is 498 g/mol. The molecule has 1 aromatic heterocycles. The van der Waals surface area contributed by atoms with Gasteiger partial charge >= 0.3 is 0 Å². The van der Waals surface area contributed by atoms with Crippen molar-refractivity contribution in [1.29, 1.82) is 0 Å². The molecule has 0 bridgehead atoms. The number of carbonyl (C=O) groups excluding carboxylic acids is 1. The van der Waals surface area contributed by atoms with E-state index in [1.54, 1.807) is 18.3 Å². The summed E-state index contributed by atoms with van der Waals surface area (Å²) in [7, 11) is 0. The largest absolute Gasteiger partial charge is 0.362 e. The zero-order valence-electron chi connectivity index (χ0n) is 18.0. The van der Waals surface area contributed by atoms with Gasteiger partial charge in [0.05, 0.1) is 12.2 Å². The van der Waals surface area contributed by atoms with Crippen molar-refractivity contribution in [2.24, 2.45) is 0 Å². The van der Waals surface area contributed by atoms with E-state index >= 15 is 0 Å². The normalized spacial score (nSPS) is 19.8. The summed E-state index contributed by atoms with van der Waals surface area (Å²) < 4.78 is 0. The van der Waals surface area contributed by atoms with Crippen molar-refractivity contribution in [3.8, 4) is 0 Å². The summed E-state index contributed by atoms with van der Waals surface area (Å²) >= 11 is 18.7. The van der Waals surface area contributed by atoms with Gasteiger partial charge in [0.1, 0.15) is 5.02 Å². The van der Waals surface area contributed by atoms with Gasteiger partial charge < -0.3 is 20.4 Å². The zero-order valence-corrected chi connectivity index (χ0v) is 20.2. The molecule has 2 atom stereocenters. The van der Waals surface area contributed by atoms with E-state index in [2.05, 4.69) is 25.5 Å². The lowest BCUT2D eigenvalue weighted by Gasteiger charge is -2.35. The summed E-state index contributed by atoms with van der Waals surface area (Å²) in [6.45, 7) is 5.69. The van der Waals surface area contributed by atoms with Crippen LogP contribution in [0.2, 0.25) is 15.1 Å². The van der Waals surface area contributed by atoms with Crippen molar-refractivity contribution in [3.63, 3.8) is 0 Å². The van der Waals surface area contributed by atoms with Crippen LogP contribution in [0, 0.1) is 0 Å². The van der Waals surface area contributed by atoms with Crippen LogP contribution in [0.3, 0.4) is 0 Å². The van der Waals surface area contributed by atoms with Crippen molar-refractivity contribution >= 4 is 52.5 Å². The summed E-state index contributed by atoms with van der Waals surface area (Å²) in [5, 5.41) is 8.32. The van der Waals surface area contributed by atoms with Gasteiger partial charge in [-0.3, -0.25) is 4.79 Å². The molecule has 0 radical (unpaired) electrons. The number of hydrogen-bond acceptors (Lipinski definition) is 6. The number of hydrogen-bond donors (Lipinski definition) is 2. The molecule has 2 aliphatic heterocycles. The lowest BCUT2D eigenvalue weighted by molar-refractivity contribution is -0.131. The molecule has 0 aliphatic carbocycles. The number of nitrogens with zero attached hydrogens (tertiary/aromatic N) is 4. The molecule has 2 aromatic rings. The lowest BCUT2D eigenvalue weighted by atomic mass is 10.1. The molecule has 0 saturated carbocycles. The van der Waals surface area contributed by atoms with Crippen LogP contribution in [0.5, 0.6) is 0 Å². The number of anilines is 2. The Morgan fingerprint density at radius 2 is 2.00 bits per heavy atom. The van der Waals surface area contributed by atoms with E-state index in [0.717, 1.165) is 24.9 Å². The second kappa shape index (κ2) is 10.4. The Morgan fingerprint density at radius 3 is 2.69 bits per heavy atom. The zero-order chi connectivity index (χ0) is 22.7.